The first-order valence-electron chi connectivity index (χ1n) is 10.8. The molecule has 1 atom stereocenters. The number of aromatic nitrogens is 2. The molecule has 0 unspecified atom stereocenters. The number of fused-ring (bicyclic) bond motifs is 1. The van der Waals surface area contributed by atoms with E-state index in [1.807, 2.05) is 68.4 Å². The van der Waals surface area contributed by atoms with Gasteiger partial charge in [-0.15, -0.1) is 0 Å². The summed E-state index contributed by atoms with van der Waals surface area (Å²) in [5.41, 5.74) is 0.727. The van der Waals surface area contributed by atoms with Gasteiger partial charge in [0.05, 0.1) is 16.2 Å². The highest BCUT2D eigenvalue weighted by Crippen LogP contribution is 2.33. The highest BCUT2D eigenvalue weighted by atomic mass is 32.2. The molecular formula is C23H33N3O2S. The molecule has 29 heavy (non-hydrogen) atoms. The van der Waals surface area contributed by atoms with Crippen LogP contribution in [0.2, 0.25) is 0 Å². The summed E-state index contributed by atoms with van der Waals surface area (Å²) < 4.78 is 1.88. The molecule has 1 aliphatic carbocycles. The Morgan fingerprint density at radius 3 is 2.31 bits per heavy atom. The molecule has 0 radical (unpaired) electrons. The molecule has 0 aliphatic heterocycles. The maximum absolute atomic E-state index is 13.4. The Bertz CT molecular complexity index is 908. The number of amides is 1. The van der Waals surface area contributed by atoms with Crippen molar-refractivity contribution in [1.82, 2.24) is 14.5 Å². The topological polar surface area (TPSA) is 55.2 Å². The van der Waals surface area contributed by atoms with Crippen LogP contribution >= 0.6 is 11.8 Å². The summed E-state index contributed by atoms with van der Waals surface area (Å²) in [5, 5.41) is 1.03. The molecule has 0 bridgehead atoms. The summed E-state index contributed by atoms with van der Waals surface area (Å²) in [6, 6.07) is 7.97. The fourth-order valence-electron chi connectivity index (χ4n) is 4.39. The molecule has 0 N–H and O–H groups in total. The van der Waals surface area contributed by atoms with E-state index >= 15 is 0 Å². The summed E-state index contributed by atoms with van der Waals surface area (Å²) in [6.45, 7) is 10.1. The third-order valence-corrected chi connectivity index (χ3v) is 6.77. The zero-order valence-corrected chi connectivity index (χ0v) is 19.0. The Kier molecular flexibility index (Phi) is 7.04. The van der Waals surface area contributed by atoms with Gasteiger partial charge in [-0.25, -0.2) is 4.98 Å². The van der Waals surface area contributed by atoms with Gasteiger partial charge in [0.1, 0.15) is 0 Å². The van der Waals surface area contributed by atoms with Crippen LogP contribution in [0.5, 0.6) is 0 Å². The summed E-state index contributed by atoms with van der Waals surface area (Å²) >= 11 is 1.42. The molecule has 1 saturated carbocycles. The van der Waals surface area contributed by atoms with Crippen LogP contribution in [-0.2, 0) is 4.79 Å². The highest BCUT2D eigenvalue weighted by Gasteiger charge is 2.29. The van der Waals surface area contributed by atoms with Crippen molar-refractivity contribution in [2.75, 3.05) is 0 Å². The fourth-order valence-corrected chi connectivity index (χ4v) is 5.43. The number of nitrogens with zero attached hydrogens (tertiary/aromatic N) is 3. The molecule has 1 aliphatic rings. The lowest BCUT2D eigenvalue weighted by molar-refractivity contribution is -0.133. The Balaban J connectivity index is 2.01. The Hall–Kier alpha value is -1.82. The van der Waals surface area contributed by atoms with E-state index in [9.17, 15) is 9.59 Å². The first-order chi connectivity index (χ1) is 13.8. The summed E-state index contributed by atoms with van der Waals surface area (Å²) in [6.07, 6.45) is 5.50. The van der Waals surface area contributed by atoms with Crippen molar-refractivity contribution in [1.29, 1.82) is 0 Å². The average molecular weight is 416 g/mol. The van der Waals surface area contributed by atoms with E-state index < -0.39 is 0 Å². The minimum atomic E-state index is -0.303. The predicted octanol–water partition coefficient (Wildman–Crippen LogP) is 5.03. The van der Waals surface area contributed by atoms with E-state index in [-0.39, 0.29) is 34.8 Å². The SMILES string of the molecule is CC(C)N(C(=O)[C@@H](C)Sc1nc2ccccc2c(=O)n1C1CCCCC1)C(C)C. The lowest BCUT2D eigenvalue weighted by Gasteiger charge is -2.33. The molecular weight excluding hydrogens is 382 g/mol. The Labute approximate surface area is 177 Å². The van der Waals surface area contributed by atoms with E-state index in [0.29, 0.717) is 16.1 Å². The van der Waals surface area contributed by atoms with Crippen LogP contribution in [-0.4, -0.2) is 37.7 Å². The lowest BCUT2D eigenvalue weighted by Crippen LogP contribution is -2.45. The normalized spacial score (nSPS) is 16.5. The van der Waals surface area contributed by atoms with Crippen LogP contribution in [0.3, 0.4) is 0 Å². The van der Waals surface area contributed by atoms with Gasteiger partial charge >= 0.3 is 0 Å². The summed E-state index contributed by atoms with van der Waals surface area (Å²) in [7, 11) is 0. The van der Waals surface area contributed by atoms with Crippen molar-refractivity contribution in [3.63, 3.8) is 0 Å². The van der Waals surface area contributed by atoms with Crippen LogP contribution in [0.1, 0.15) is 72.8 Å². The van der Waals surface area contributed by atoms with Crippen molar-refractivity contribution < 1.29 is 4.79 Å². The number of hydrogen-bond donors (Lipinski definition) is 0. The number of hydrogen-bond acceptors (Lipinski definition) is 4. The monoisotopic (exact) mass is 415 g/mol. The predicted molar refractivity (Wildman–Crippen MR) is 121 cm³/mol. The van der Waals surface area contributed by atoms with Gasteiger partial charge in [-0.3, -0.25) is 14.2 Å². The summed E-state index contributed by atoms with van der Waals surface area (Å²) in [4.78, 5) is 33.3. The molecule has 1 amide bonds. The van der Waals surface area contributed by atoms with Crippen molar-refractivity contribution in [3.05, 3.63) is 34.6 Å². The molecule has 1 aromatic carbocycles. The molecule has 2 aromatic rings. The van der Waals surface area contributed by atoms with Gasteiger partial charge in [0.15, 0.2) is 5.16 Å². The highest BCUT2D eigenvalue weighted by molar-refractivity contribution is 8.00. The maximum atomic E-state index is 13.4. The van der Waals surface area contributed by atoms with Gasteiger partial charge in [0.2, 0.25) is 5.91 Å². The molecule has 1 fully saturated rings. The van der Waals surface area contributed by atoms with Gasteiger partial charge in [0.25, 0.3) is 5.56 Å². The second kappa shape index (κ2) is 9.33. The number of thioether (sulfide) groups is 1. The minimum absolute atomic E-state index is 0.0224. The van der Waals surface area contributed by atoms with Gasteiger partial charge in [-0.05, 0) is 59.6 Å². The van der Waals surface area contributed by atoms with Crippen LogP contribution in [0, 0.1) is 0 Å². The minimum Gasteiger partial charge on any atom is -0.337 e. The zero-order chi connectivity index (χ0) is 21.1. The number of carbonyl (C=O) groups excluding carboxylic acids is 1. The van der Waals surface area contributed by atoms with Crippen molar-refractivity contribution >= 4 is 28.6 Å². The quantitative estimate of drug-likeness (QED) is 0.491. The second-order valence-corrected chi connectivity index (χ2v) is 9.88. The molecule has 0 saturated heterocycles. The van der Waals surface area contributed by atoms with Gasteiger partial charge in [-0.2, -0.15) is 0 Å². The molecule has 158 valence electrons. The van der Waals surface area contributed by atoms with E-state index in [1.54, 1.807) is 0 Å². The van der Waals surface area contributed by atoms with Crippen molar-refractivity contribution in [2.45, 2.75) is 95.3 Å². The number of benzene rings is 1. The second-order valence-electron chi connectivity index (χ2n) is 8.57. The Morgan fingerprint density at radius 2 is 1.69 bits per heavy atom. The number of rotatable bonds is 6. The van der Waals surface area contributed by atoms with E-state index in [0.717, 1.165) is 25.7 Å². The third-order valence-electron chi connectivity index (χ3n) is 5.71. The molecule has 6 heteroatoms. The van der Waals surface area contributed by atoms with Crippen molar-refractivity contribution in [2.24, 2.45) is 0 Å². The van der Waals surface area contributed by atoms with Gasteiger partial charge < -0.3 is 4.90 Å². The molecule has 1 heterocycles. The van der Waals surface area contributed by atoms with E-state index in [1.165, 1.54) is 18.2 Å². The zero-order valence-electron chi connectivity index (χ0n) is 18.2. The standard InChI is InChI=1S/C23H33N3O2S/c1-15(2)25(16(3)4)21(27)17(5)29-23-24-20-14-10-9-13-19(20)22(28)26(23)18-11-7-6-8-12-18/h9-10,13-18H,6-8,11-12H2,1-5H3/t17-/m1/s1. The van der Waals surface area contributed by atoms with Crippen LogP contribution < -0.4 is 5.56 Å². The van der Waals surface area contributed by atoms with Crippen LogP contribution in [0.4, 0.5) is 0 Å². The van der Waals surface area contributed by atoms with Crippen LogP contribution in [0.15, 0.2) is 34.2 Å². The molecule has 1 aromatic heterocycles. The lowest BCUT2D eigenvalue weighted by atomic mass is 9.95. The number of para-hydroxylation sites is 1. The number of carbonyl (C=O) groups is 1. The van der Waals surface area contributed by atoms with E-state index in [4.69, 9.17) is 4.98 Å². The molecule has 0 spiro atoms. The average Bonchev–Trinajstić information content (AvgIpc) is 2.68. The first-order valence-corrected chi connectivity index (χ1v) is 11.7. The maximum Gasteiger partial charge on any atom is 0.262 e. The van der Waals surface area contributed by atoms with E-state index in [2.05, 4.69) is 0 Å². The fraction of sp³-hybridized carbons (Fsp3) is 0.609. The first kappa shape index (κ1) is 21.9. The molecule has 5 nitrogen and oxygen atoms in total. The molecule has 3 rings (SSSR count). The summed E-state index contributed by atoms with van der Waals surface area (Å²) in [5.74, 6) is 0.0950. The van der Waals surface area contributed by atoms with Crippen molar-refractivity contribution in [3.8, 4) is 0 Å². The van der Waals surface area contributed by atoms with Crippen LogP contribution in [0.25, 0.3) is 10.9 Å². The third kappa shape index (κ3) is 4.68. The van der Waals surface area contributed by atoms with Gasteiger partial charge in [0, 0.05) is 18.1 Å². The Morgan fingerprint density at radius 1 is 1.07 bits per heavy atom. The van der Waals surface area contributed by atoms with Gasteiger partial charge in [-0.1, -0.05) is 43.2 Å². The smallest absolute Gasteiger partial charge is 0.262 e. The largest absolute Gasteiger partial charge is 0.337 e.